The monoisotopic (exact) mass is 301 g/mol. The molecule has 0 unspecified atom stereocenters. The fourth-order valence-electron chi connectivity index (χ4n) is 1.04. The number of hydrogen-bond donors (Lipinski definition) is 4. The second-order valence-corrected chi connectivity index (χ2v) is 3.63. The maximum Gasteiger partial charge on any atom is 0.411 e. The maximum absolute atomic E-state index is 11.7. The molecule has 0 rings (SSSR count). The van der Waals surface area contributed by atoms with Crippen LogP contribution in [-0.2, 0) is 14.3 Å². The molecule has 0 aromatic carbocycles. The first kappa shape index (κ1) is 18.0. The Kier molecular flexibility index (Phi) is 7.36. The first-order chi connectivity index (χ1) is 9.11. The number of aliphatic carboxylic acids is 1. The third kappa shape index (κ3) is 9.94. The van der Waals surface area contributed by atoms with Crippen LogP contribution in [0.5, 0.6) is 0 Å². The van der Waals surface area contributed by atoms with Crippen molar-refractivity contribution in [2.45, 2.75) is 18.6 Å². The molecule has 0 aliphatic heterocycles. The fourth-order valence-corrected chi connectivity index (χ4v) is 1.04. The second-order valence-electron chi connectivity index (χ2n) is 3.63. The average molecular weight is 301 g/mol. The van der Waals surface area contributed by atoms with Crippen LogP contribution in [0.3, 0.4) is 0 Å². The number of nitrogens with one attached hydrogen (secondary N) is 2. The van der Waals surface area contributed by atoms with Gasteiger partial charge in [-0.1, -0.05) is 0 Å². The number of amides is 3. The zero-order chi connectivity index (χ0) is 15.8. The van der Waals surface area contributed by atoms with Crippen LogP contribution >= 0.6 is 0 Å². The van der Waals surface area contributed by atoms with Gasteiger partial charge in [0.05, 0.1) is 13.0 Å². The minimum absolute atomic E-state index is 0.259. The van der Waals surface area contributed by atoms with Gasteiger partial charge in [-0.05, 0) is 0 Å². The summed E-state index contributed by atoms with van der Waals surface area (Å²) in [7, 11) is 0. The Morgan fingerprint density at radius 2 is 1.90 bits per heavy atom. The summed E-state index contributed by atoms with van der Waals surface area (Å²) in [5.74, 6) is -2.39. The Morgan fingerprint density at radius 1 is 1.30 bits per heavy atom. The van der Waals surface area contributed by atoms with E-state index < -0.39 is 49.8 Å². The van der Waals surface area contributed by atoms with E-state index in [9.17, 15) is 27.6 Å². The Labute approximate surface area is 111 Å². The number of carboxylic acids is 1. The number of nitrogens with two attached hydrogens (primary N) is 1. The Morgan fingerprint density at radius 3 is 2.35 bits per heavy atom. The van der Waals surface area contributed by atoms with E-state index in [0.29, 0.717) is 0 Å². The van der Waals surface area contributed by atoms with Gasteiger partial charge in [-0.3, -0.25) is 4.79 Å². The van der Waals surface area contributed by atoms with Crippen LogP contribution < -0.4 is 16.4 Å². The van der Waals surface area contributed by atoms with E-state index in [1.165, 1.54) is 0 Å². The molecule has 11 heteroatoms. The molecule has 0 bridgehead atoms. The van der Waals surface area contributed by atoms with Crippen LogP contribution in [0.2, 0.25) is 0 Å². The lowest BCUT2D eigenvalue weighted by Crippen LogP contribution is -2.48. The quantitative estimate of drug-likeness (QED) is 0.436. The van der Waals surface area contributed by atoms with Crippen LogP contribution in [0, 0.1) is 0 Å². The first-order valence-electron chi connectivity index (χ1n) is 5.32. The number of alkyl halides is 3. The van der Waals surface area contributed by atoms with Crippen molar-refractivity contribution in [3.05, 3.63) is 0 Å². The van der Waals surface area contributed by atoms with E-state index in [1.54, 1.807) is 0 Å². The summed E-state index contributed by atoms with van der Waals surface area (Å²) < 4.78 is 39.3. The van der Waals surface area contributed by atoms with E-state index >= 15 is 0 Å². The van der Waals surface area contributed by atoms with Crippen LogP contribution in [0.1, 0.15) is 6.42 Å². The third-order valence-corrected chi connectivity index (χ3v) is 1.81. The molecular weight excluding hydrogens is 287 g/mol. The molecule has 1 atom stereocenters. The molecule has 0 radical (unpaired) electrons. The van der Waals surface area contributed by atoms with Gasteiger partial charge in [0.25, 0.3) is 0 Å². The number of ether oxygens (including phenoxy) is 1. The van der Waals surface area contributed by atoms with Crippen molar-refractivity contribution in [3.8, 4) is 0 Å². The van der Waals surface area contributed by atoms with Crippen molar-refractivity contribution in [1.29, 1.82) is 0 Å². The summed E-state index contributed by atoms with van der Waals surface area (Å²) in [5, 5.41) is 12.7. The summed E-state index contributed by atoms with van der Waals surface area (Å²) in [5.41, 5.74) is 4.79. The molecule has 3 amide bonds. The Bertz CT molecular complexity index is 361. The number of primary amides is 1. The number of carbonyl (C=O) groups excluding carboxylic acids is 2. The van der Waals surface area contributed by atoms with E-state index in [-0.39, 0.29) is 6.54 Å². The Balaban J connectivity index is 3.91. The molecule has 0 aromatic rings. The lowest BCUT2D eigenvalue weighted by Gasteiger charge is -2.13. The summed E-state index contributed by atoms with van der Waals surface area (Å²) >= 11 is 0. The topological polar surface area (TPSA) is 131 Å². The van der Waals surface area contributed by atoms with Crippen molar-refractivity contribution in [2.24, 2.45) is 5.73 Å². The first-order valence-corrected chi connectivity index (χ1v) is 5.32. The number of carboxylic acid groups (broad SMARTS) is 1. The number of halogens is 3. The molecule has 20 heavy (non-hydrogen) atoms. The zero-order valence-corrected chi connectivity index (χ0v) is 10.2. The number of hydrogen-bond acceptors (Lipinski definition) is 4. The minimum Gasteiger partial charge on any atom is -0.480 e. The highest BCUT2D eigenvalue weighted by Crippen LogP contribution is 2.13. The maximum atomic E-state index is 11.7. The van der Waals surface area contributed by atoms with Gasteiger partial charge in [0.1, 0.15) is 12.6 Å². The van der Waals surface area contributed by atoms with Crippen molar-refractivity contribution in [1.82, 2.24) is 10.6 Å². The lowest BCUT2D eigenvalue weighted by molar-refractivity contribution is -0.173. The van der Waals surface area contributed by atoms with E-state index in [2.05, 4.69) is 10.1 Å². The normalized spacial score (nSPS) is 12.6. The van der Waals surface area contributed by atoms with E-state index in [0.717, 1.165) is 0 Å². The molecule has 0 heterocycles. The highest BCUT2D eigenvalue weighted by atomic mass is 19.4. The van der Waals surface area contributed by atoms with Gasteiger partial charge < -0.3 is 26.2 Å². The minimum atomic E-state index is -4.46. The van der Waals surface area contributed by atoms with Crippen LogP contribution in [0.4, 0.5) is 18.0 Å². The fraction of sp³-hybridized carbons (Fsp3) is 0.667. The predicted octanol–water partition coefficient (Wildman–Crippen LogP) is -0.807. The highest BCUT2D eigenvalue weighted by Gasteiger charge is 2.27. The molecule has 0 spiro atoms. The number of urea groups is 1. The van der Waals surface area contributed by atoms with Gasteiger partial charge in [0, 0.05) is 6.54 Å². The van der Waals surface area contributed by atoms with Gasteiger partial charge in [-0.15, -0.1) is 0 Å². The summed E-state index contributed by atoms with van der Waals surface area (Å²) in [6, 6.07) is -2.47. The molecule has 0 aliphatic rings. The third-order valence-electron chi connectivity index (χ3n) is 1.81. The molecule has 5 N–H and O–H groups in total. The van der Waals surface area contributed by atoms with Crippen molar-refractivity contribution in [3.63, 3.8) is 0 Å². The van der Waals surface area contributed by atoms with Crippen molar-refractivity contribution >= 4 is 17.9 Å². The molecule has 116 valence electrons. The average Bonchev–Trinajstić information content (AvgIpc) is 2.25. The molecule has 0 saturated heterocycles. The van der Waals surface area contributed by atoms with Crippen LogP contribution in [-0.4, -0.2) is 55.0 Å². The van der Waals surface area contributed by atoms with Gasteiger partial charge in [-0.25, -0.2) is 9.59 Å². The SMILES string of the molecule is NC(=O)C[C@@H](NC(=O)NCCOCC(F)(F)F)C(=O)O. The molecule has 0 aliphatic carbocycles. The highest BCUT2D eigenvalue weighted by molar-refractivity contribution is 5.87. The summed E-state index contributed by atoms with van der Waals surface area (Å²) in [4.78, 5) is 32.4. The smallest absolute Gasteiger partial charge is 0.411 e. The standard InChI is InChI=1S/C9H14F3N3O5/c10-9(11,12)4-20-2-1-14-8(19)15-5(7(17)18)3-6(13)16/h5H,1-4H2,(H2,13,16)(H,17,18)(H2,14,15,19)/t5-/m1/s1. The Hall–Kier alpha value is -2.04. The van der Waals surface area contributed by atoms with Crippen LogP contribution in [0.15, 0.2) is 0 Å². The second kappa shape index (κ2) is 8.19. The van der Waals surface area contributed by atoms with Gasteiger partial charge in [0.15, 0.2) is 0 Å². The van der Waals surface area contributed by atoms with Crippen molar-refractivity contribution in [2.75, 3.05) is 19.8 Å². The molecule has 0 saturated carbocycles. The predicted molar refractivity (Wildman–Crippen MR) is 58.6 cm³/mol. The lowest BCUT2D eigenvalue weighted by atomic mass is 10.2. The summed E-state index contributed by atoms with van der Waals surface area (Å²) in [6.07, 6.45) is -5.06. The van der Waals surface area contributed by atoms with Crippen LogP contribution in [0.25, 0.3) is 0 Å². The van der Waals surface area contributed by atoms with E-state index in [1.807, 2.05) is 5.32 Å². The van der Waals surface area contributed by atoms with Gasteiger partial charge >= 0.3 is 18.2 Å². The molecule has 0 aromatic heterocycles. The number of carbonyl (C=O) groups is 3. The van der Waals surface area contributed by atoms with Crippen molar-refractivity contribution < 1.29 is 37.4 Å². The number of rotatable bonds is 8. The van der Waals surface area contributed by atoms with Gasteiger partial charge in [-0.2, -0.15) is 13.2 Å². The zero-order valence-electron chi connectivity index (χ0n) is 10.2. The molecule has 0 fully saturated rings. The molecular formula is C9H14F3N3O5. The van der Waals surface area contributed by atoms with E-state index in [4.69, 9.17) is 10.8 Å². The van der Waals surface area contributed by atoms with Gasteiger partial charge in [0.2, 0.25) is 5.91 Å². The summed E-state index contributed by atoms with van der Waals surface area (Å²) in [6.45, 7) is -2.11. The largest absolute Gasteiger partial charge is 0.480 e. The molecule has 8 nitrogen and oxygen atoms in total.